The van der Waals surface area contributed by atoms with Gasteiger partial charge in [-0.2, -0.15) is 0 Å². The van der Waals surface area contributed by atoms with Crippen LogP contribution in [-0.4, -0.2) is 57.2 Å². The second kappa shape index (κ2) is 14.4. The molecule has 0 saturated carbocycles. The van der Waals surface area contributed by atoms with Crippen molar-refractivity contribution in [2.45, 2.75) is 26.8 Å². The summed E-state index contributed by atoms with van der Waals surface area (Å²) >= 11 is 1.19. The molecule has 1 aromatic heterocycles. The number of hydrogen-bond donors (Lipinski definition) is 0. The zero-order valence-electron chi connectivity index (χ0n) is 25.0. The van der Waals surface area contributed by atoms with E-state index in [0.717, 1.165) is 0 Å². The molecule has 1 aliphatic heterocycles. The van der Waals surface area contributed by atoms with Crippen molar-refractivity contribution in [3.63, 3.8) is 0 Å². The highest BCUT2D eigenvalue weighted by Crippen LogP contribution is 2.36. The molecule has 4 rings (SSSR count). The number of carbonyl (C=O) groups excluding carboxylic acids is 2. The fourth-order valence-electron chi connectivity index (χ4n) is 4.55. The van der Waals surface area contributed by atoms with Gasteiger partial charge in [-0.25, -0.2) is 14.6 Å². The minimum Gasteiger partial charge on any atom is -0.493 e. The Morgan fingerprint density at radius 3 is 2.45 bits per heavy atom. The Hall–Kier alpha value is -5.02. The third-order valence-corrected chi connectivity index (χ3v) is 7.45. The van der Waals surface area contributed by atoms with E-state index >= 15 is 0 Å². The van der Waals surface area contributed by atoms with E-state index in [4.69, 9.17) is 30.1 Å². The number of benzene rings is 2. The first-order valence-electron chi connectivity index (χ1n) is 13.7. The molecular formula is C32H32N2O9S. The summed E-state index contributed by atoms with van der Waals surface area (Å²) in [6.07, 6.45) is 7.02. The Morgan fingerprint density at radius 1 is 1.02 bits per heavy atom. The molecule has 44 heavy (non-hydrogen) atoms. The molecule has 0 saturated heterocycles. The number of fused-ring (bicyclic) bond motifs is 1. The van der Waals surface area contributed by atoms with Gasteiger partial charge in [-0.3, -0.25) is 9.36 Å². The van der Waals surface area contributed by atoms with Crippen LogP contribution in [0.25, 0.3) is 6.08 Å². The smallest absolute Gasteiger partial charge is 0.343 e. The summed E-state index contributed by atoms with van der Waals surface area (Å²) in [5, 5.41) is 0. The van der Waals surface area contributed by atoms with E-state index in [1.54, 1.807) is 63.2 Å². The van der Waals surface area contributed by atoms with Crippen molar-refractivity contribution in [1.29, 1.82) is 0 Å². The number of thiazole rings is 1. The molecular weight excluding hydrogens is 588 g/mol. The lowest BCUT2D eigenvalue weighted by Crippen LogP contribution is -2.40. The molecule has 0 unspecified atom stereocenters. The van der Waals surface area contributed by atoms with Gasteiger partial charge in [0.1, 0.15) is 6.61 Å². The van der Waals surface area contributed by atoms with Gasteiger partial charge in [-0.15, -0.1) is 6.42 Å². The number of nitrogens with zero attached hydrogens (tertiary/aromatic N) is 2. The average Bonchev–Trinajstić information content (AvgIpc) is 3.32. The lowest BCUT2D eigenvalue weighted by Gasteiger charge is -2.25. The van der Waals surface area contributed by atoms with E-state index in [9.17, 15) is 14.4 Å². The maximum absolute atomic E-state index is 14.0. The third kappa shape index (κ3) is 6.79. The summed E-state index contributed by atoms with van der Waals surface area (Å²) < 4.78 is 34.3. The van der Waals surface area contributed by atoms with Crippen LogP contribution in [0, 0.1) is 12.3 Å². The third-order valence-electron chi connectivity index (χ3n) is 6.47. The number of ether oxygens (including phenoxy) is 6. The minimum absolute atomic E-state index is 0.0832. The normalized spacial score (nSPS) is 14.2. The molecule has 0 radical (unpaired) electrons. The first kappa shape index (κ1) is 31.9. The molecule has 0 aliphatic carbocycles. The van der Waals surface area contributed by atoms with Gasteiger partial charge in [0.05, 0.1) is 49.3 Å². The summed E-state index contributed by atoms with van der Waals surface area (Å²) in [4.78, 5) is 44.0. The first-order valence-corrected chi connectivity index (χ1v) is 14.5. The Kier molecular flexibility index (Phi) is 10.5. The molecule has 11 nitrogen and oxygen atoms in total. The molecule has 2 aromatic carbocycles. The zero-order chi connectivity index (χ0) is 31.8. The van der Waals surface area contributed by atoms with Crippen LogP contribution in [0.2, 0.25) is 0 Å². The molecule has 12 heteroatoms. The predicted molar refractivity (Wildman–Crippen MR) is 163 cm³/mol. The Balaban J connectivity index is 1.87. The molecule has 0 bridgehead atoms. The van der Waals surface area contributed by atoms with Gasteiger partial charge in [0.25, 0.3) is 5.56 Å². The number of hydrogen-bond acceptors (Lipinski definition) is 11. The molecule has 1 aliphatic rings. The maximum Gasteiger partial charge on any atom is 0.343 e. The monoisotopic (exact) mass is 620 g/mol. The molecule has 0 spiro atoms. The van der Waals surface area contributed by atoms with E-state index in [1.807, 2.05) is 0 Å². The quantitative estimate of drug-likeness (QED) is 0.222. The predicted octanol–water partition coefficient (Wildman–Crippen LogP) is 2.77. The van der Waals surface area contributed by atoms with Gasteiger partial charge >= 0.3 is 11.9 Å². The first-order chi connectivity index (χ1) is 21.3. The second-order valence-electron chi connectivity index (χ2n) is 9.21. The largest absolute Gasteiger partial charge is 0.493 e. The highest BCUT2D eigenvalue weighted by molar-refractivity contribution is 7.07. The van der Waals surface area contributed by atoms with Crippen LogP contribution in [0.4, 0.5) is 0 Å². The topological polar surface area (TPSA) is 124 Å². The minimum atomic E-state index is -0.879. The van der Waals surface area contributed by atoms with Crippen molar-refractivity contribution < 1.29 is 38.0 Å². The lowest BCUT2D eigenvalue weighted by molar-refractivity contribution is -0.143. The van der Waals surface area contributed by atoms with Gasteiger partial charge in [0, 0.05) is 0 Å². The molecule has 1 atom stereocenters. The number of rotatable bonds is 12. The second-order valence-corrected chi connectivity index (χ2v) is 10.2. The molecule has 230 valence electrons. The molecule has 0 amide bonds. The van der Waals surface area contributed by atoms with Crippen LogP contribution >= 0.6 is 11.3 Å². The van der Waals surface area contributed by atoms with Crippen molar-refractivity contribution in [2.75, 3.05) is 40.6 Å². The average molecular weight is 621 g/mol. The van der Waals surface area contributed by atoms with Gasteiger partial charge in [0.2, 0.25) is 0 Å². The van der Waals surface area contributed by atoms with Crippen LogP contribution in [0.3, 0.4) is 0 Å². The number of terminal acetylenes is 1. The number of allylic oxidation sites excluding steroid dienone is 1. The van der Waals surface area contributed by atoms with Crippen LogP contribution in [-0.2, 0) is 19.1 Å². The van der Waals surface area contributed by atoms with Crippen LogP contribution < -0.4 is 33.8 Å². The van der Waals surface area contributed by atoms with Crippen molar-refractivity contribution in [3.8, 4) is 35.3 Å². The number of carbonyl (C=O) groups is 2. The fraction of sp³-hybridized carbons (Fsp3) is 0.312. The standard InChI is InChI=1S/C32H32N2O9S/c1-7-14-42-22-12-10-20(15-24(22)38-5)16-26-30(36)34-29(28(31(37)41-9-3)19(4)33-32(34)44-26)21-11-13-23(25(17-21)40-8-2)43-18-27(35)39-6/h1,10-13,15-17,29H,8-9,14,18H2,2-6H3/b26-16-/t29-/m1/s1. The van der Waals surface area contributed by atoms with E-state index in [2.05, 4.69) is 15.6 Å². The summed E-state index contributed by atoms with van der Waals surface area (Å²) in [7, 11) is 2.78. The van der Waals surface area contributed by atoms with Gasteiger partial charge in [0.15, 0.2) is 34.4 Å². The molecule has 0 fully saturated rings. The summed E-state index contributed by atoms with van der Waals surface area (Å²) in [5.74, 6) is 2.83. The van der Waals surface area contributed by atoms with Crippen LogP contribution in [0.15, 0.2) is 57.5 Å². The van der Waals surface area contributed by atoms with Gasteiger partial charge < -0.3 is 28.4 Å². The zero-order valence-corrected chi connectivity index (χ0v) is 25.8. The van der Waals surface area contributed by atoms with E-state index in [1.165, 1.54) is 30.1 Å². The van der Waals surface area contributed by atoms with E-state index < -0.39 is 18.0 Å². The Morgan fingerprint density at radius 2 is 1.77 bits per heavy atom. The molecule has 0 N–H and O–H groups in total. The summed E-state index contributed by atoms with van der Waals surface area (Å²) in [5.41, 5.74) is 1.52. The summed E-state index contributed by atoms with van der Waals surface area (Å²) in [6, 6.07) is 9.34. The number of esters is 2. The highest BCUT2D eigenvalue weighted by Gasteiger charge is 2.34. The molecule has 2 heterocycles. The van der Waals surface area contributed by atoms with E-state index in [-0.39, 0.29) is 31.0 Å². The van der Waals surface area contributed by atoms with Gasteiger partial charge in [-0.1, -0.05) is 29.4 Å². The van der Waals surface area contributed by atoms with Crippen molar-refractivity contribution >= 4 is 29.4 Å². The Labute approximate surface area is 257 Å². The maximum atomic E-state index is 14.0. The number of methoxy groups -OCH3 is 2. The Bertz CT molecular complexity index is 1810. The van der Waals surface area contributed by atoms with Crippen molar-refractivity contribution in [1.82, 2.24) is 4.57 Å². The van der Waals surface area contributed by atoms with Crippen molar-refractivity contribution in [2.24, 2.45) is 4.99 Å². The summed E-state index contributed by atoms with van der Waals surface area (Å²) in [6.45, 7) is 5.41. The van der Waals surface area contributed by atoms with Crippen molar-refractivity contribution in [3.05, 3.63) is 78.5 Å². The van der Waals surface area contributed by atoms with E-state index in [0.29, 0.717) is 55.8 Å². The van der Waals surface area contributed by atoms with Crippen LogP contribution in [0.5, 0.6) is 23.0 Å². The van der Waals surface area contributed by atoms with Crippen LogP contribution in [0.1, 0.15) is 37.9 Å². The van der Waals surface area contributed by atoms with Gasteiger partial charge in [-0.05, 0) is 62.2 Å². The number of aromatic nitrogens is 1. The highest BCUT2D eigenvalue weighted by atomic mass is 32.1. The molecule has 3 aromatic rings. The SMILES string of the molecule is C#CCOc1ccc(/C=c2\sc3n(c2=O)[C@H](c2ccc(OCC(=O)OC)c(OCC)c2)C(C(=O)OCC)=C(C)N=3)cc1OC. The fourth-order valence-corrected chi connectivity index (χ4v) is 5.60. The lowest BCUT2D eigenvalue weighted by atomic mass is 9.95.